The van der Waals surface area contributed by atoms with Crippen LogP contribution in [0.15, 0.2) is 24.3 Å². The molecule has 1 aromatic rings. The average Bonchev–Trinajstić information content (AvgIpc) is 2.89. The van der Waals surface area contributed by atoms with Crippen molar-refractivity contribution in [3.63, 3.8) is 0 Å². The number of carbonyl (C=O) groups excluding carboxylic acids is 2. The number of piperidine rings is 1. The summed E-state index contributed by atoms with van der Waals surface area (Å²) in [5.74, 6) is -0.306. The quantitative estimate of drug-likeness (QED) is 0.880. The average molecular weight is 358 g/mol. The lowest BCUT2D eigenvalue weighted by atomic mass is 10.0. The lowest BCUT2D eigenvalue weighted by Crippen LogP contribution is -2.48. The van der Waals surface area contributed by atoms with Gasteiger partial charge < -0.3 is 15.5 Å². The number of anilines is 1. The van der Waals surface area contributed by atoms with Crippen LogP contribution in [-0.2, 0) is 9.59 Å². The van der Waals surface area contributed by atoms with Gasteiger partial charge in [0.1, 0.15) is 0 Å². The topological polar surface area (TPSA) is 66.6 Å². The van der Waals surface area contributed by atoms with Crippen LogP contribution in [0, 0.1) is 5.92 Å². The van der Waals surface area contributed by atoms with Gasteiger partial charge in [-0.1, -0.05) is 23.7 Å². The van der Waals surface area contributed by atoms with E-state index in [0.717, 1.165) is 19.4 Å². The zero-order chi connectivity index (χ0) is 15.7. The van der Waals surface area contributed by atoms with Gasteiger partial charge in [-0.3, -0.25) is 9.59 Å². The Hall–Kier alpha value is -1.30. The first kappa shape index (κ1) is 18.0. The van der Waals surface area contributed by atoms with Crippen LogP contribution < -0.4 is 10.6 Å². The van der Waals surface area contributed by atoms with Gasteiger partial charge in [0, 0.05) is 32.1 Å². The number of nitrogens with zero attached hydrogens (tertiary/aromatic N) is 2. The van der Waals surface area contributed by atoms with E-state index in [2.05, 4.69) is 0 Å². The number of hydrogen-bond donors (Lipinski definition) is 1. The number of halogens is 2. The highest BCUT2D eigenvalue weighted by molar-refractivity contribution is 6.33. The summed E-state index contributed by atoms with van der Waals surface area (Å²) in [7, 11) is 0. The van der Waals surface area contributed by atoms with Crippen molar-refractivity contribution >= 4 is 41.5 Å². The number of amides is 2. The van der Waals surface area contributed by atoms with Crippen molar-refractivity contribution in [2.24, 2.45) is 11.7 Å². The minimum atomic E-state index is -0.297. The third-order valence-electron chi connectivity index (χ3n) is 4.39. The number of likely N-dealkylation sites (tertiary alicyclic amines) is 1. The standard InChI is InChI=1S/C16H20ClN3O2.ClH/c17-13-5-1-2-6-14(13)20-9-11(8-15(20)21)16(22)19-7-3-4-12(18)10-19;/h1-2,5-6,11-12H,3-4,7-10,18H2;1H. The van der Waals surface area contributed by atoms with E-state index < -0.39 is 0 Å². The Balaban J connectivity index is 0.00000192. The largest absolute Gasteiger partial charge is 0.341 e. The van der Waals surface area contributed by atoms with Gasteiger partial charge in [0.2, 0.25) is 11.8 Å². The molecule has 2 saturated heterocycles. The molecule has 23 heavy (non-hydrogen) atoms. The summed E-state index contributed by atoms with van der Waals surface area (Å²) in [6.45, 7) is 1.73. The van der Waals surface area contributed by atoms with Crippen LogP contribution in [0.3, 0.4) is 0 Å². The van der Waals surface area contributed by atoms with E-state index in [9.17, 15) is 9.59 Å². The van der Waals surface area contributed by atoms with E-state index >= 15 is 0 Å². The minimum Gasteiger partial charge on any atom is -0.341 e. The van der Waals surface area contributed by atoms with Gasteiger partial charge in [0.05, 0.1) is 16.6 Å². The maximum Gasteiger partial charge on any atom is 0.228 e. The van der Waals surface area contributed by atoms with E-state index in [1.54, 1.807) is 11.0 Å². The van der Waals surface area contributed by atoms with Crippen LogP contribution in [0.4, 0.5) is 5.69 Å². The molecule has 2 amide bonds. The smallest absolute Gasteiger partial charge is 0.228 e. The normalized spacial score (nSPS) is 24.5. The van der Waals surface area contributed by atoms with Crippen LogP contribution in [0.2, 0.25) is 5.02 Å². The number of hydrogen-bond acceptors (Lipinski definition) is 3. The summed E-state index contributed by atoms with van der Waals surface area (Å²) in [6, 6.07) is 7.28. The van der Waals surface area contributed by atoms with Gasteiger partial charge in [0.15, 0.2) is 0 Å². The molecule has 0 spiro atoms. The highest BCUT2D eigenvalue weighted by Gasteiger charge is 2.38. The minimum absolute atomic E-state index is 0. The van der Waals surface area contributed by atoms with Gasteiger partial charge in [0.25, 0.3) is 0 Å². The number of benzene rings is 1. The van der Waals surface area contributed by atoms with Crippen LogP contribution in [-0.4, -0.2) is 42.4 Å². The summed E-state index contributed by atoms with van der Waals surface area (Å²) in [6.07, 6.45) is 2.14. The first-order chi connectivity index (χ1) is 10.6. The molecule has 0 radical (unpaired) electrons. The van der Waals surface area contributed by atoms with Gasteiger partial charge >= 0.3 is 0 Å². The van der Waals surface area contributed by atoms with Gasteiger partial charge in [-0.15, -0.1) is 12.4 Å². The first-order valence-electron chi connectivity index (χ1n) is 7.65. The monoisotopic (exact) mass is 357 g/mol. The molecule has 2 N–H and O–H groups in total. The molecule has 0 aromatic heterocycles. The maximum atomic E-state index is 12.6. The molecule has 0 bridgehead atoms. The van der Waals surface area contributed by atoms with Crippen molar-refractivity contribution < 1.29 is 9.59 Å². The number of para-hydroxylation sites is 1. The van der Waals surface area contributed by atoms with Crippen molar-refractivity contribution in [3.8, 4) is 0 Å². The van der Waals surface area contributed by atoms with Crippen LogP contribution in [0.5, 0.6) is 0 Å². The molecule has 2 unspecified atom stereocenters. The third kappa shape index (κ3) is 3.79. The number of nitrogens with two attached hydrogens (primary N) is 1. The Morgan fingerprint density at radius 3 is 2.70 bits per heavy atom. The summed E-state index contributed by atoms with van der Waals surface area (Å²) in [5.41, 5.74) is 6.62. The molecule has 2 atom stereocenters. The predicted molar refractivity (Wildman–Crippen MR) is 92.9 cm³/mol. The van der Waals surface area contributed by atoms with Crippen molar-refractivity contribution in [1.82, 2.24) is 4.90 Å². The molecular formula is C16H21Cl2N3O2. The fourth-order valence-electron chi connectivity index (χ4n) is 3.24. The molecule has 2 heterocycles. The molecule has 1 aromatic carbocycles. The molecular weight excluding hydrogens is 337 g/mol. The molecule has 7 heteroatoms. The Bertz CT molecular complexity index is 596. The number of carbonyl (C=O) groups is 2. The van der Waals surface area contributed by atoms with Gasteiger partial charge in [-0.25, -0.2) is 0 Å². The lowest BCUT2D eigenvalue weighted by molar-refractivity contribution is -0.136. The summed E-state index contributed by atoms with van der Waals surface area (Å²) in [5, 5.41) is 0.531. The van der Waals surface area contributed by atoms with Crippen molar-refractivity contribution in [1.29, 1.82) is 0 Å². The maximum absolute atomic E-state index is 12.6. The number of rotatable bonds is 2. The Morgan fingerprint density at radius 2 is 2.00 bits per heavy atom. The fourth-order valence-corrected chi connectivity index (χ4v) is 3.48. The second-order valence-corrected chi connectivity index (χ2v) is 6.45. The van der Waals surface area contributed by atoms with Crippen LogP contribution in [0.1, 0.15) is 19.3 Å². The molecule has 0 aliphatic carbocycles. The molecule has 126 valence electrons. The zero-order valence-corrected chi connectivity index (χ0v) is 14.4. The molecule has 5 nitrogen and oxygen atoms in total. The van der Waals surface area contributed by atoms with E-state index in [1.807, 2.05) is 23.1 Å². The van der Waals surface area contributed by atoms with Gasteiger partial charge in [-0.2, -0.15) is 0 Å². The Morgan fingerprint density at radius 1 is 1.26 bits per heavy atom. The van der Waals surface area contributed by atoms with Crippen molar-refractivity contribution in [2.75, 3.05) is 24.5 Å². The molecule has 3 rings (SSSR count). The fraction of sp³-hybridized carbons (Fsp3) is 0.500. The SMILES string of the molecule is Cl.NC1CCCN(C(=O)C2CC(=O)N(c3ccccc3Cl)C2)C1. The predicted octanol–water partition coefficient (Wildman–Crippen LogP) is 2.06. The summed E-state index contributed by atoms with van der Waals surface area (Å²) in [4.78, 5) is 28.3. The molecule has 0 saturated carbocycles. The molecule has 2 fully saturated rings. The highest BCUT2D eigenvalue weighted by Crippen LogP contribution is 2.31. The van der Waals surface area contributed by atoms with E-state index in [0.29, 0.717) is 23.8 Å². The molecule has 2 aliphatic rings. The Kier molecular flexibility index (Phi) is 5.89. The third-order valence-corrected chi connectivity index (χ3v) is 4.71. The summed E-state index contributed by atoms with van der Waals surface area (Å²) >= 11 is 6.16. The lowest BCUT2D eigenvalue weighted by Gasteiger charge is -2.32. The van der Waals surface area contributed by atoms with E-state index in [-0.39, 0.29) is 42.6 Å². The van der Waals surface area contributed by atoms with E-state index in [4.69, 9.17) is 17.3 Å². The van der Waals surface area contributed by atoms with Gasteiger partial charge in [-0.05, 0) is 25.0 Å². The van der Waals surface area contributed by atoms with Crippen molar-refractivity contribution in [2.45, 2.75) is 25.3 Å². The van der Waals surface area contributed by atoms with Crippen LogP contribution >= 0.6 is 24.0 Å². The van der Waals surface area contributed by atoms with E-state index in [1.165, 1.54) is 0 Å². The summed E-state index contributed by atoms with van der Waals surface area (Å²) < 4.78 is 0. The second-order valence-electron chi connectivity index (χ2n) is 6.04. The Labute approximate surface area is 147 Å². The van der Waals surface area contributed by atoms with Crippen molar-refractivity contribution in [3.05, 3.63) is 29.3 Å². The highest BCUT2D eigenvalue weighted by atomic mass is 35.5. The first-order valence-corrected chi connectivity index (χ1v) is 8.03. The van der Waals surface area contributed by atoms with Crippen LogP contribution in [0.25, 0.3) is 0 Å². The zero-order valence-electron chi connectivity index (χ0n) is 12.8. The second kappa shape index (κ2) is 7.51. The molecule has 2 aliphatic heterocycles.